The molecule has 1 amide bonds. The summed E-state index contributed by atoms with van der Waals surface area (Å²) in [6, 6.07) is 18.8. The summed E-state index contributed by atoms with van der Waals surface area (Å²) in [7, 11) is 1.80. The molecule has 2 aromatic carbocycles. The van der Waals surface area contributed by atoms with Gasteiger partial charge in [-0.1, -0.05) is 30.3 Å². The van der Waals surface area contributed by atoms with Crippen LogP contribution in [0, 0.1) is 0 Å². The number of rotatable bonds is 5. The summed E-state index contributed by atoms with van der Waals surface area (Å²) in [6.07, 6.45) is 4.97. The van der Waals surface area contributed by atoms with E-state index >= 15 is 0 Å². The van der Waals surface area contributed by atoms with Crippen LogP contribution in [0.4, 0.5) is 5.82 Å². The van der Waals surface area contributed by atoms with Crippen molar-refractivity contribution in [2.24, 2.45) is 7.05 Å². The van der Waals surface area contributed by atoms with E-state index in [2.05, 4.69) is 10.4 Å². The molecule has 1 heterocycles. The van der Waals surface area contributed by atoms with Gasteiger partial charge in [0.1, 0.15) is 11.5 Å². The van der Waals surface area contributed by atoms with Crippen LogP contribution in [-0.2, 0) is 11.8 Å². The number of anilines is 1. The number of hydrogen-bond acceptors (Lipinski definition) is 3. The van der Waals surface area contributed by atoms with Crippen molar-refractivity contribution < 1.29 is 9.53 Å². The Morgan fingerprint density at radius 1 is 1.08 bits per heavy atom. The maximum absolute atomic E-state index is 11.9. The maximum Gasteiger partial charge on any atom is 0.249 e. The zero-order valence-corrected chi connectivity index (χ0v) is 13.2. The first kappa shape index (κ1) is 15.6. The normalized spacial score (nSPS) is 10.7. The van der Waals surface area contributed by atoms with Crippen molar-refractivity contribution in [1.29, 1.82) is 0 Å². The number of nitrogens with zero attached hydrogens (tertiary/aromatic N) is 2. The Hall–Kier alpha value is -3.34. The van der Waals surface area contributed by atoms with E-state index in [1.54, 1.807) is 30.1 Å². The predicted octanol–water partition coefficient (Wildman–Crippen LogP) is 3.86. The summed E-state index contributed by atoms with van der Waals surface area (Å²) < 4.78 is 7.41. The second kappa shape index (κ2) is 7.28. The number of carbonyl (C=O) groups is 1. The largest absolute Gasteiger partial charge is 0.457 e. The molecule has 0 saturated carbocycles. The van der Waals surface area contributed by atoms with Gasteiger partial charge in [0.2, 0.25) is 5.91 Å². The molecule has 1 N–H and O–H groups in total. The van der Waals surface area contributed by atoms with Crippen molar-refractivity contribution >= 4 is 17.8 Å². The summed E-state index contributed by atoms with van der Waals surface area (Å²) in [5.74, 6) is 1.77. The van der Waals surface area contributed by atoms with Gasteiger partial charge in [-0.15, -0.1) is 0 Å². The second-order valence-electron chi connectivity index (χ2n) is 5.18. The van der Waals surface area contributed by atoms with Gasteiger partial charge in [-0.05, 0) is 35.9 Å². The van der Waals surface area contributed by atoms with E-state index < -0.39 is 0 Å². The molecular weight excluding hydrogens is 302 g/mol. The van der Waals surface area contributed by atoms with Crippen LogP contribution in [0.5, 0.6) is 11.5 Å². The lowest BCUT2D eigenvalue weighted by Gasteiger charge is -2.05. The van der Waals surface area contributed by atoms with Crippen molar-refractivity contribution in [2.75, 3.05) is 5.32 Å². The van der Waals surface area contributed by atoms with Gasteiger partial charge >= 0.3 is 0 Å². The Morgan fingerprint density at radius 3 is 2.62 bits per heavy atom. The van der Waals surface area contributed by atoms with Gasteiger partial charge in [0.25, 0.3) is 0 Å². The standard InChI is InChI=1S/C19H17N3O2/c1-22-13-12-18(21-22)20-19(23)11-10-15-6-5-9-17(14-15)24-16-7-3-2-4-8-16/h2-14H,1H3,(H,20,21,23)/b11-10+. The molecule has 24 heavy (non-hydrogen) atoms. The van der Waals surface area contributed by atoms with E-state index in [-0.39, 0.29) is 5.91 Å². The van der Waals surface area contributed by atoms with Gasteiger partial charge in [-0.25, -0.2) is 0 Å². The Balaban J connectivity index is 1.64. The molecule has 0 spiro atoms. The highest BCUT2D eigenvalue weighted by atomic mass is 16.5. The molecule has 5 nitrogen and oxygen atoms in total. The first-order chi connectivity index (χ1) is 11.7. The van der Waals surface area contributed by atoms with Crippen molar-refractivity contribution in [3.05, 3.63) is 78.5 Å². The van der Waals surface area contributed by atoms with Crippen LogP contribution in [-0.4, -0.2) is 15.7 Å². The topological polar surface area (TPSA) is 56.2 Å². The van der Waals surface area contributed by atoms with Crippen LogP contribution >= 0.6 is 0 Å². The highest BCUT2D eigenvalue weighted by molar-refractivity contribution is 6.01. The third-order valence-corrected chi connectivity index (χ3v) is 3.23. The highest BCUT2D eigenvalue weighted by Crippen LogP contribution is 2.22. The molecule has 0 aliphatic carbocycles. The number of carbonyl (C=O) groups excluding carboxylic acids is 1. The van der Waals surface area contributed by atoms with Gasteiger partial charge in [-0.2, -0.15) is 5.10 Å². The average molecular weight is 319 g/mol. The van der Waals surface area contributed by atoms with Crippen molar-refractivity contribution in [2.45, 2.75) is 0 Å². The van der Waals surface area contributed by atoms with E-state index in [1.165, 1.54) is 6.08 Å². The summed E-state index contributed by atoms with van der Waals surface area (Å²) in [5, 5.41) is 6.80. The van der Waals surface area contributed by atoms with E-state index in [4.69, 9.17) is 4.74 Å². The fourth-order valence-electron chi connectivity index (χ4n) is 2.13. The summed E-state index contributed by atoms with van der Waals surface area (Å²) in [5.41, 5.74) is 0.875. The number of amides is 1. The number of para-hydroxylation sites is 1. The lowest BCUT2D eigenvalue weighted by molar-refractivity contribution is -0.111. The molecule has 3 rings (SSSR count). The maximum atomic E-state index is 11.9. The fraction of sp³-hybridized carbons (Fsp3) is 0.0526. The second-order valence-corrected chi connectivity index (χ2v) is 5.18. The van der Waals surface area contributed by atoms with E-state index in [0.29, 0.717) is 11.6 Å². The van der Waals surface area contributed by atoms with E-state index in [9.17, 15) is 4.79 Å². The lowest BCUT2D eigenvalue weighted by atomic mass is 10.2. The monoisotopic (exact) mass is 319 g/mol. The minimum Gasteiger partial charge on any atom is -0.457 e. The summed E-state index contributed by atoms with van der Waals surface area (Å²) >= 11 is 0. The zero-order valence-electron chi connectivity index (χ0n) is 13.2. The molecule has 120 valence electrons. The average Bonchev–Trinajstić information content (AvgIpc) is 2.99. The zero-order chi connectivity index (χ0) is 16.8. The molecule has 5 heteroatoms. The van der Waals surface area contributed by atoms with Gasteiger partial charge in [0.15, 0.2) is 5.82 Å². The van der Waals surface area contributed by atoms with E-state index in [0.717, 1.165) is 11.3 Å². The third-order valence-electron chi connectivity index (χ3n) is 3.23. The minimum atomic E-state index is -0.233. The highest BCUT2D eigenvalue weighted by Gasteiger charge is 2.01. The predicted molar refractivity (Wildman–Crippen MR) is 93.8 cm³/mol. The first-order valence-electron chi connectivity index (χ1n) is 7.51. The van der Waals surface area contributed by atoms with Crippen LogP contribution in [0.2, 0.25) is 0 Å². The van der Waals surface area contributed by atoms with Gasteiger partial charge in [0.05, 0.1) is 0 Å². The molecule has 0 saturated heterocycles. The number of benzene rings is 2. The molecule has 0 aliphatic heterocycles. The molecule has 0 fully saturated rings. The Kier molecular flexibility index (Phi) is 4.72. The van der Waals surface area contributed by atoms with Gasteiger partial charge in [0, 0.05) is 25.4 Å². The van der Waals surface area contributed by atoms with Crippen molar-refractivity contribution in [3.8, 4) is 11.5 Å². The number of hydrogen-bond donors (Lipinski definition) is 1. The Morgan fingerprint density at radius 2 is 1.88 bits per heavy atom. The molecule has 0 radical (unpaired) electrons. The SMILES string of the molecule is Cn1ccc(NC(=O)/C=C/c2cccc(Oc3ccccc3)c2)n1. The fourth-order valence-corrected chi connectivity index (χ4v) is 2.13. The van der Waals surface area contributed by atoms with Crippen molar-refractivity contribution in [1.82, 2.24) is 9.78 Å². The molecule has 0 aliphatic rings. The van der Waals surface area contributed by atoms with Crippen LogP contribution in [0.15, 0.2) is 72.9 Å². The molecule has 0 atom stereocenters. The van der Waals surface area contributed by atoms with Crippen molar-refractivity contribution in [3.63, 3.8) is 0 Å². The van der Waals surface area contributed by atoms with Crippen LogP contribution < -0.4 is 10.1 Å². The number of aryl methyl sites for hydroxylation is 1. The quantitative estimate of drug-likeness (QED) is 0.726. The smallest absolute Gasteiger partial charge is 0.249 e. The summed E-state index contributed by atoms with van der Waals surface area (Å²) in [6.45, 7) is 0. The Labute approximate surface area is 140 Å². The molecular formula is C19H17N3O2. The summed E-state index contributed by atoms with van der Waals surface area (Å²) in [4.78, 5) is 11.9. The number of aromatic nitrogens is 2. The van der Waals surface area contributed by atoms with Crippen LogP contribution in [0.1, 0.15) is 5.56 Å². The van der Waals surface area contributed by atoms with Crippen LogP contribution in [0.25, 0.3) is 6.08 Å². The van der Waals surface area contributed by atoms with Crippen LogP contribution in [0.3, 0.4) is 0 Å². The van der Waals surface area contributed by atoms with E-state index in [1.807, 2.05) is 54.6 Å². The van der Waals surface area contributed by atoms with Gasteiger partial charge < -0.3 is 10.1 Å². The molecule has 3 aromatic rings. The number of ether oxygens (including phenoxy) is 1. The lowest BCUT2D eigenvalue weighted by Crippen LogP contribution is -2.08. The molecule has 1 aromatic heterocycles. The number of nitrogens with one attached hydrogen (secondary N) is 1. The minimum absolute atomic E-state index is 0.233. The molecule has 0 unspecified atom stereocenters. The third kappa shape index (κ3) is 4.33. The first-order valence-corrected chi connectivity index (χ1v) is 7.51. The van der Waals surface area contributed by atoms with Gasteiger partial charge in [-0.3, -0.25) is 9.48 Å². The molecule has 0 bridgehead atoms. The Bertz CT molecular complexity index is 854.